The minimum atomic E-state index is 0. The summed E-state index contributed by atoms with van der Waals surface area (Å²) >= 11 is 1.93. The summed E-state index contributed by atoms with van der Waals surface area (Å²) in [5, 5.41) is 4.60. The van der Waals surface area contributed by atoms with Gasteiger partial charge in [-0.1, -0.05) is 13.8 Å². The Morgan fingerprint density at radius 3 is 2.88 bits per heavy atom. The van der Waals surface area contributed by atoms with E-state index < -0.39 is 0 Å². The van der Waals surface area contributed by atoms with E-state index in [1.807, 2.05) is 18.4 Å². The Balaban J connectivity index is 0.00000128. The molecule has 1 aromatic rings. The van der Waals surface area contributed by atoms with Crippen LogP contribution in [0.4, 0.5) is 0 Å². The van der Waals surface area contributed by atoms with E-state index in [0.717, 1.165) is 12.5 Å². The predicted octanol–water partition coefficient (Wildman–Crippen LogP) is 3.01. The average molecular weight is 261 g/mol. The number of hydrogen-bond donors (Lipinski definition) is 1. The highest BCUT2D eigenvalue weighted by atomic mass is 35.5. The molecule has 4 heteroatoms. The van der Waals surface area contributed by atoms with E-state index in [-0.39, 0.29) is 12.4 Å². The quantitative estimate of drug-likeness (QED) is 0.904. The largest absolute Gasteiger partial charge is 0.319 e. The van der Waals surface area contributed by atoms with Gasteiger partial charge in [0.1, 0.15) is 0 Å². The van der Waals surface area contributed by atoms with Crippen molar-refractivity contribution in [3.8, 4) is 0 Å². The van der Waals surface area contributed by atoms with Crippen molar-refractivity contribution in [1.29, 1.82) is 0 Å². The molecule has 0 fully saturated rings. The van der Waals surface area contributed by atoms with Crippen LogP contribution in [-0.2, 0) is 12.8 Å². The number of nitrogens with zero attached hydrogens (tertiary/aromatic N) is 1. The number of aryl methyl sites for hydroxylation is 1. The standard InChI is InChI=1S/C12H20N2S.ClH/c1-8(2)12-14-10-6-9(7-13-3)4-5-11(10)15-12;/h8-9,13H,4-7H2,1-3H3;1H. The molecule has 1 aliphatic rings. The van der Waals surface area contributed by atoms with Crippen LogP contribution in [-0.4, -0.2) is 18.6 Å². The van der Waals surface area contributed by atoms with E-state index in [2.05, 4.69) is 19.2 Å². The Morgan fingerprint density at radius 2 is 2.25 bits per heavy atom. The normalized spacial score (nSPS) is 19.4. The molecule has 0 saturated heterocycles. The minimum absolute atomic E-state index is 0. The molecule has 0 spiro atoms. The predicted molar refractivity (Wildman–Crippen MR) is 72.9 cm³/mol. The third kappa shape index (κ3) is 2.96. The Morgan fingerprint density at radius 1 is 1.50 bits per heavy atom. The zero-order valence-electron chi connectivity index (χ0n) is 10.2. The van der Waals surface area contributed by atoms with E-state index in [4.69, 9.17) is 4.98 Å². The van der Waals surface area contributed by atoms with Gasteiger partial charge in [-0.2, -0.15) is 0 Å². The van der Waals surface area contributed by atoms with Crippen molar-refractivity contribution in [3.63, 3.8) is 0 Å². The molecule has 1 unspecified atom stereocenters. The highest BCUT2D eigenvalue weighted by Crippen LogP contribution is 2.32. The van der Waals surface area contributed by atoms with Crippen LogP contribution in [0.25, 0.3) is 0 Å². The van der Waals surface area contributed by atoms with Gasteiger partial charge in [0.05, 0.1) is 10.7 Å². The first-order chi connectivity index (χ1) is 7.20. The van der Waals surface area contributed by atoms with Gasteiger partial charge in [0.2, 0.25) is 0 Å². The van der Waals surface area contributed by atoms with E-state index >= 15 is 0 Å². The van der Waals surface area contributed by atoms with Gasteiger partial charge in [-0.05, 0) is 38.8 Å². The van der Waals surface area contributed by atoms with Crippen LogP contribution in [0.1, 0.15) is 41.8 Å². The highest BCUT2D eigenvalue weighted by Gasteiger charge is 2.22. The summed E-state index contributed by atoms with van der Waals surface area (Å²) in [6.07, 6.45) is 3.75. The molecule has 92 valence electrons. The van der Waals surface area contributed by atoms with Gasteiger partial charge < -0.3 is 5.32 Å². The molecule has 1 aromatic heterocycles. The lowest BCUT2D eigenvalue weighted by Gasteiger charge is -2.20. The maximum Gasteiger partial charge on any atom is 0.0956 e. The number of thiazole rings is 1. The van der Waals surface area contributed by atoms with Crippen molar-refractivity contribution < 1.29 is 0 Å². The lowest BCUT2D eigenvalue weighted by atomic mass is 9.91. The second kappa shape index (κ2) is 5.99. The maximum atomic E-state index is 4.77. The van der Waals surface area contributed by atoms with Gasteiger partial charge in [0.25, 0.3) is 0 Å². The van der Waals surface area contributed by atoms with Crippen LogP contribution in [0.15, 0.2) is 0 Å². The van der Waals surface area contributed by atoms with Crippen molar-refractivity contribution >= 4 is 23.7 Å². The molecule has 2 nitrogen and oxygen atoms in total. The summed E-state index contributed by atoms with van der Waals surface area (Å²) in [7, 11) is 2.04. The van der Waals surface area contributed by atoms with Crippen molar-refractivity contribution in [3.05, 3.63) is 15.6 Å². The fourth-order valence-electron chi connectivity index (χ4n) is 2.18. The van der Waals surface area contributed by atoms with Gasteiger partial charge >= 0.3 is 0 Å². The second-order valence-electron chi connectivity index (χ2n) is 4.74. The molecule has 0 aromatic carbocycles. The minimum Gasteiger partial charge on any atom is -0.319 e. The molecular formula is C12H21ClN2S. The van der Waals surface area contributed by atoms with Crippen molar-refractivity contribution in [2.45, 2.75) is 39.0 Å². The van der Waals surface area contributed by atoms with E-state index in [0.29, 0.717) is 5.92 Å². The fraction of sp³-hybridized carbons (Fsp3) is 0.750. The number of nitrogens with one attached hydrogen (secondary N) is 1. The molecule has 1 N–H and O–H groups in total. The molecule has 1 heterocycles. The average Bonchev–Trinajstić information content (AvgIpc) is 2.61. The molecule has 0 bridgehead atoms. The molecule has 16 heavy (non-hydrogen) atoms. The molecule has 0 saturated carbocycles. The highest BCUT2D eigenvalue weighted by molar-refractivity contribution is 7.11. The summed E-state index contributed by atoms with van der Waals surface area (Å²) in [6.45, 7) is 5.60. The molecule has 0 radical (unpaired) electrons. The van der Waals surface area contributed by atoms with Crippen molar-refractivity contribution in [2.24, 2.45) is 5.92 Å². The molecule has 0 amide bonds. The Hall–Kier alpha value is -0.120. The number of hydrogen-bond acceptors (Lipinski definition) is 3. The molecule has 1 atom stereocenters. The lowest BCUT2D eigenvalue weighted by molar-refractivity contribution is 0.438. The van der Waals surface area contributed by atoms with Crippen LogP contribution in [0, 0.1) is 5.92 Å². The molecule has 1 aliphatic carbocycles. The number of halogens is 1. The Labute approximate surface area is 108 Å². The van der Waals surface area contributed by atoms with Gasteiger partial charge in [-0.3, -0.25) is 0 Å². The van der Waals surface area contributed by atoms with Crippen LogP contribution in [0.5, 0.6) is 0 Å². The zero-order chi connectivity index (χ0) is 10.8. The number of fused-ring (bicyclic) bond motifs is 1. The summed E-state index contributed by atoms with van der Waals surface area (Å²) in [6, 6.07) is 0. The first kappa shape index (κ1) is 13.9. The molecule has 2 rings (SSSR count). The third-order valence-corrected chi connectivity index (χ3v) is 4.50. The van der Waals surface area contributed by atoms with E-state index in [9.17, 15) is 0 Å². The van der Waals surface area contributed by atoms with Crippen LogP contribution < -0.4 is 5.32 Å². The molecule has 0 aliphatic heterocycles. The zero-order valence-corrected chi connectivity index (χ0v) is 11.9. The SMILES string of the molecule is CNCC1CCc2sc(C(C)C)nc2C1.Cl. The topological polar surface area (TPSA) is 24.9 Å². The Bertz CT molecular complexity index is 336. The van der Waals surface area contributed by atoms with Gasteiger partial charge in [0, 0.05) is 10.8 Å². The first-order valence-corrected chi connectivity index (χ1v) is 6.65. The monoisotopic (exact) mass is 260 g/mol. The lowest BCUT2D eigenvalue weighted by Crippen LogP contribution is -2.24. The van der Waals surface area contributed by atoms with Gasteiger partial charge in [-0.25, -0.2) is 4.98 Å². The first-order valence-electron chi connectivity index (χ1n) is 5.83. The smallest absolute Gasteiger partial charge is 0.0956 e. The van der Waals surface area contributed by atoms with Crippen LogP contribution >= 0.6 is 23.7 Å². The summed E-state index contributed by atoms with van der Waals surface area (Å²) in [5.41, 5.74) is 1.38. The molecular weight excluding hydrogens is 240 g/mol. The summed E-state index contributed by atoms with van der Waals surface area (Å²) in [5.74, 6) is 1.38. The van der Waals surface area contributed by atoms with Crippen LogP contribution in [0.3, 0.4) is 0 Å². The number of aromatic nitrogens is 1. The van der Waals surface area contributed by atoms with Gasteiger partial charge in [0.15, 0.2) is 0 Å². The van der Waals surface area contributed by atoms with E-state index in [1.165, 1.54) is 30.0 Å². The van der Waals surface area contributed by atoms with Crippen molar-refractivity contribution in [1.82, 2.24) is 10.3 Å². The third-order valence-electron chi connectivity index (χ3n) is 3.04. The number of rotatable bonds is 3. The summed E-state index contributed by atoms with van der Waals surface area (Å²) < 4.78 is 0. The summed E-state index contributed by atoms with van der Waals surface area (Å²) in [4.78, 5) is 6.32. The Kier molecular flexibility index (Phi) is 5.22. The van der Waals surface area contributed by atoms with Crippen LogP contribution in [0.2, 0.25) is 0 Å². The second-order valence-corrected chi connectivity index (χ2v) is 5.86. The van der Waals surface area contributed by atoms with Crippen molar-refractivity contribution in [2.75, 3.05) is 13.6 Å². The van der Waals surface area contributed by atoms with E-state index in [1.54, 1.807) is 4.88 Å². The fourth-order valence-corrected chi connectivity index (χ4v) is 3.29. The van der Waals surface area contributed by atoms with Gasteiger partial charge in [-0.15, -0.1) is 23.7 Å². The maximum absolute atomic E-state index is 4.77.